The molecule has 7 heteroatoms. The summed E-state index contributed by atoms with van der Waals surface area (Å²) in [5.74, 6) is -0.263. The molecular weight excluding hydrogens is 303 g/mol. The molecule has 0 saturated heterocycles. The van der Waals surface area contributed by atoms with Gasteiger partial charge >= 0.3 is 0 Å². The molecule has 2 unspecified atom stereocenters. The molecular formula is C13H20ClFN2O2S. The van der Waals surface area contributed by atoms with Crippen molar-refractivity contribution in [3.63, 3.8) is 0 Å². The Kier molecular flexibility index (Phi) is 6.39. The Balaban J connectivity index is 0.00000200. The largest absolute Gasteiger partial charge is 0.330 e. The first-order valence-corrected chi connectivity index (χ1v) is 7.99. The first kappa shape index (κ1) is 17.4. The van der Waals surface area contributed by atoms with Gasteiger partial charge < -0.3 is 5.73 Å². The quantitative estimate of drug-likeness (QED) is 0.891. The Labute approximate surface area is 125 Å². The average molecular weight is 323 g/mol. The Morgan fingerprint density at radius 1 is 1.20 bits per heavy atom. The smallest absolute Gasteiger partial charge is 0.240 e. The van der Waals surface area contributed by atoms with Crippen molar-refractivity contribution in [3.05, 3.63) is 30.1 Å². The zero-order valence-corrected chi connectivity index (χ0v) is 12.7. The summed E-state index contributed by atoms with van der Waals surface area (Å²) in [6.07, 6.45) is 3.86. The van der Waals surface area contributed by atoms with E-state index in [-0.39, 0.29) is 29.3 Å². The second-order valence-corrected chi connectivity index (χ2v) is 6.68. The maximum Gasteiger partial charge on any atom is 0.240 e. The predicted octanol–water partition coefficient (Wildman–Crippen LogP) is 2.04. The van der Waals surface area contributed by atoms with Crippen molar-refractivity contribution < 1.29 is 12.8 Å². The van der Waals surface area contributed by atoms with Gasteiger partial charge in [0.15, 0.2) is 0 Å². The lowest BCUT2D eigenvalue weighted by molar-refractivity contribution is 0.296. The van der Waals surface area contributed by atoms with Crippen LogP contribution >= 0.6 is 12.4 Å². The SMILES string of the molecule is Cl.NCC1CCCCC1NS(=O)(=O)c1ccc(F)cc1. The van der Waals surface area contributed by atoms with E-state index < -0.39 is 15.8 Å². The highest BCUT2D eigenvalue weighted by molar-refractivity contribution is 7.89. The minimum atomic E-state index is -3.59. The van der Waals surface area contributed by atoms with Crippen LogP contribution in [0.5, 0.6) is 0 Å². The van der Waals surface area contributed by atoms with E-state index in [2.05, 4.69) is 4.72 Å². The van der Waals surface area contributed by atoms with E-state index in [9.17, 15) is 12.8 Å². The van der Waals surface area contributed by atoms with Gasteiger partial charge in [0, 0.05) is 6.04 Å². The Hall–Kier alpha value is -0.690. The van der Waals surface area contributed by atoms with Crippen molar-refractivity contribution in [2.75, 3.05) is 6.54 Å². The molecule has 0 spiro atoms. The van der Waals surface area contributed by atoms with Gasteiger partial charge in [-0.15, -0.1) is 12.4 Å². The molecule has 1 aromatic carbocycles. The molecule has 2 atom stereocenters. The molecule has 1 aliphatic rings. The van der Waals surface area contributed by atoms with E-state index in [0.717, 1.165) is 37.8 Å². The monoisotopic (exact) mass is 322 g/mol. The van der Waals surface area contributed by atoms with Crippen molar-refractivity contribution >= 4 is 22.4 Å². The number of hydrogen-bond donors (Lipinski definition) is 2. The van der Waals surface area contributed by atoms with E-state index in [1.165, 1.54) is 12.1 Å². The normalized spacial score (nSPS) is 23.1. The number of rotatable bonds is 4. The van der Waals surface area contributed by atoms with Crippen LogP contribution in [0.25, 0.3) is 0 Å². The lowest BCUT2D eigenvalue weighted by Gasteiger charge is -2.31. The van der Waals surface area contributed by atoms with E-state index in [1.54, 1.807) is 0 Å². The highest BCUT2D eigenvalue weighted by Gasteiger charge is 2.28. The zero-order valence-electron chi connectivity index (χ0n) is 11.1. The third-order valence-electron chi connectivity index (χ3n) is 3.64. The molecule has 0 heterocycles. The van der Waals surface area contributed by atoms with E-state index in [1.807, 2.05) is 0 Å². The van der Waals surface area contributed by atoms with Gasteiger partial charge in [-0.3, -0.25) is 0 Å². The van der Waals surface area contributed by atoms with Crippen molar-refractivity contribution in [3.8, 4) is 0 Å². The minimum absolute atomic E-state index is 0. The molecule has 0 amide bonds. The molecule has 1 aromatic rings. The van der Waals surface area contributed by atoms with Gasteiger partial charge in [-0.2, -0.15) is 0 Å². The van der Waals surface area contributed by atoms with Crippen LogP contribution in [0, 0.1) is 11.7 Å². The van der Waals surface area contributed by atoms with Crippen LogP contribution < -0.4 is 10.5 Å². The summed E-state index contributed by atoms with van der Waals surface area (Å²) in [5, 5.41) is 0. The molecule has 0 bridgehead atoms. The van der Waals surface area contributed by atoms with Gasteiger partial charge in [0.1, 0.15) is 5.82 Å². The molecule has 1 aliphatic carbocycles. The fraction of sp³-hybridized carbons (Fsp3) is 0.538. The molecule has 1 saturated carbocycles. The Morgan fingerprint density at radius 2 is 1.80 bits per heavy atom. The van der Waals surface area contributed by atoms with Crippen LogP contribution in [0.3, 0.4) is 0 Å². The van der Waals surface area contributed by atoms with Gasteiger partial charge in [0.25, 0.3) is 0 Å². The van der Waals surface area contributed by atoms with Crippen LogP contribution in [0.2, 0.25) is 0 Å². The van der Waals surface area contributed by atoms with Crippen molar-refractivity contribution in [1.82, 2.24) is 4.72 Å². The van der Waals surface area contributed by atoms with Crippen LogP contribution in [-0.4, -0.2) is 21.0 Å². The number of benzene rings is 1. The van der Waals surface area contributed by atoms with Crippen molar-refractivity contribution in [2.24, 2.45) is 11.7 Å². The maximum absolute atomic E-state index is 12.8. The second kappa shape index (κ2) is 7.36. The van der Waals surface area contributed by atoms with Gasteiger partial charge in [-0.25, -0.2) is 17.5 Å². The van der Waals surface area contributed by atoms with Gasteiger partial charge in [-0.05, 0) is 49.6 Å². The summed E-state index contributed by atoms with van der Waals surface area (Å²) >= 11 is 0. The summed E-state index contributed by atoms with van der Waals surface area (Å²) in [4.78, 5) is 0.0928. The lowest BCUT2D eigenvalue weighted by Crippen LogP contribution is -2.44. The fourth-order valence-electron chi connectivity index (χ4n) is 2.53. The van der Waals surface area contributed by atoms with Gasteiger partial charge in [0.2, 0.25) is 10.0 Å². The third kappa shape index (κ3) is 4.15. The molecule has 4 nitrogen and oxygen atoms in total. The molecule has 0 aromatic heterocycles. The second-order valence-electron chi connectivity index (χ2n) is 4.96. The molecule has 20 heavy (non-hydrogen) atoms. The fourth-order valence-corrected chi connectivity index (χ4v) is 3.87. The molecule has 0 radical (unpaired) electrons. The van der Waals surface area contributed by atoms with Gasteiger partial charge in [0.05, 0.1) is 4.90 Å². The predicted molar refractivity (Wildman–Crippen MR) is 78.8 cm³/mol. The summed E-state index contributed by atoms with van der Waals surface area (Å²) in [7, 11) is -3.59. The Morgan fingerprint density at radius 3 is 2.40 bits per heavy atom. The molecule has 2 rings (SSSR count). The summed E-state index contributed by atoms with van der Waals surface area (Å²) in [5.41, 5.74) is 5.69. The summed E-state index contributed by atoms with van der Waals surface area (Å²) in [6.45, 7) is 0.483. The maximum atomic E-state index is 12.8. The van der Waals surface area contributed by atoms with E-state index in [0.29, 0.717) is 6.54 Å². The van der Waals surface area contributed by atoms with Crippen LogP contribution in [0.1, 0.15) is 25.7 Å². The summed E-state index contributed by atoms with van der Waals surface area (Å²) < 4.78 is 39.9. The van der Waals surface area contributed by atoms with E-state index in [4.69, 9.17) is 5.73 Å². The van der Waals surface area contributed by atoms with Crippen LogP contribution in [0.15, 0.2) is 29.2 Å². The number of sulfonamides is 1. The number of hydrogen-bond acceptors (Lipinski definition) is 3. The average Bonchev–Trinajstić information content (AvgIpc) is 2.39. The van der Waals surface area contributed by atoms with Crippen LogP contribution in [-0.2, 0) is 10.0 Å². The number of halogens is 2. The number of nitrogens with one attached hydrogen (secondary N) is 1. The molecule has 0 aliphatic heterocycles. The van der Waals surface area contributed by atoms with E-state index >= 15 is 0 Å². The van der Waals surface area contributed by atoms with Crippen LogP contribution in [0.4, 0.5) is 4.39 Å². The lowest BCUT2D eigenvalue weighted by atomic mass is 9.85. The van der Waals surface area contributed by atoms with Crippen molar-refractivity contribution in [1.29, 1.82) is 0 Å². The number of nitrogens with two attached hydrogens (primary N) is 1. The standard InChI is InChI=1S/C13H19FN2O2S.ClH/c14-11-5-7-12(8-6-11)19(17,18)16-13-4-2-1-3-10(13)9-15;/h5-8,10,13,16H,1-4,9,15H2;1H. The topological polar surface area (TPSA) is 72.2 Å². The van der Waals surface area contributed by atoms with Crippen molar-refractivity contribution in [2.45, 2.75) is 36.6 Å². The van der Waals surface area contributed by atoms with Gasteiger partial charge in [-0.1, -0.05) is 12.8 Å². The highest BCUT2D eigenvalue weighted by Crippen LogP contribution is 2.25. The molecule has 3 N–H and O–H groups in total. The minimum Gasteiger partial charge on any atom is -0.330 e. The third-order valence-corrected chi connectivity index (χ3v) is 5.15. The molecule has 114 valence electrons. The zero-order chi connectivity index (χ0) is 13.9. The summed E-state index contributed by atoms with van der Waals surface area (Å²) in [6, 6.07) is 4.73. The first-order valence-electron chi connectivity index (χ1n) is 6.51. The Bertz CT molecular complexity index is 522. The first-order chi connectivity index (χ1) is 9.03. The molecule has 1 fully saturated rings. The highest BCUT2D eigenvalue weighted by atomic mass is 35.5.